The van der Waals surface area contributed by atoms with Gasteiger partial charge in [-0.05, 0) is 19.4 Å². The van der Waals surface area contributed by atoms with Crippen LogP contribution in [0.25, 0.3) is 0 Å². The number of thioether (sulfide) groups is 1. The van der Waals surface area contributed by atoms with Crippen LogP contribution in [0, 0.1) is 0 Å². The van der Waals surface area contributed by atoms with Crippen molar-refractivity contribution in [2.75, 3.05) is 13.7 Å². The highest BCUT2D eigenvalue weighted by Crippen LogP contribution is 2.49. The molecule has 0 saturated carbocycles. The smallest absolute Gasteiger partial charge is 0.338 e. The molecule has 2 heterocycles. The molecule has 8 heteroatoms. The van der Waals surface area contributed by atoms with Crippen LogP contribution in [0.15, 0.2) is 52.3 Å². The quantitative estimate of drug-likeness (QED) is 0.786. The molecule has 0 unspecified atom stereocenters. The third-order valence-electron chi connectivity index (χ3n) is 4.42. The molecule has 0 bridgehead atoms. The van der Waals surface area contributed by atoms with Crippen LogP contribution >= 0.6 is 11.8 Å². The fourth-order valence-electron chi connectivity index (χ4n) is 3.23. The largest absolute Gasteiger partial charge is 0.466 e. The Balaban J connectivity index is 2.30. The minimum Gasteiger partial charge on any atom is -0.466 e. The summed E-state index contributed by atoms with van der Waals surface area (Å²) in [6.07, 6.45) is 0. The summed E-state index contributed by atoms with van der Waals surface area (Å²) in [4.78, 5) is 39.3. The molecule has 1 amide bonds. The van der Waals surface area contributed by atoms with Crippen LogP contribution in [0.1, 0.15) is 25.3 Å². The first-order valence-corrected chi connectivity index (χ1v) is 9.35. The first-order chi connectivity index (χ1) is 12.9. The summed E-state index contributed by atoms with van der Waals surface area (Å²) in [6, 6.07) is 9.02. The first-order valence-electron chi connectivity index (χ1n) is 8.47. The second kappa shape index (κ2) is 7.48. The van der Waals surface area contributed by atoms with E-state index in [-0.39, 0.29) is 29.5 Å². The maximum atomic E-state index is 12.9. The zero-order valence-corrected chi connectivity index (χ0v) is 16.0. The molecule has 0 radical (unpaired) electrons. The van der Waals surface area contributed by atoms with Gasteiger partial charge in [-0.3, -0.25) is 9.69 Å². The number of benzene rings is 1. The molecule has 1 aromatic carbocycles. The Morgan fingerprint density at radius 1 is 1.19 bits per heavy atom. The van der Waals surface area contributed by atoms with Gasteiger partial charge in [0.1, 0.15) is 5.82 Å². The Labute approximate surface area is 161 Å². The Hall–Kier alpha value is -2.74. The van der Waals surface area contributed by atoms with E-state index >= 15 is 0 Å². The van der Waals surface area contributed by atoms with Crippen molar-refractivity contribution in [2.45, 2.75) is 25.0 Å². The zero-order chi connectivity index (χ0) is 19.7. The van der Waals surface area contributed by atoms with Gasteiger partial charge in [-0.25, -0.2) is 9.59 Å². The fourth-order valence-corrected chi connectivity index (χ4v) is 4.39. The number of hydrogen-bond acceptors (Lipinski definition) is 7. The van der Waals surface area contributed by atoms with E-state index in [0.717, 1.165) is 0 Å². The van der Waals surface area contributed by atoms with E-state index < -0.39 is 23.1 Å². The number of carbonyl (C=O) groups is 3. The number of rotatable bonds is 4. The molecule has 1 aromatic rings. The second-order valence-electron chi connectivity index (χ2n) is 6.01. The molecule has 1 fully saturated rings. The predicted molar refractivity (Wildman–Crippen MR) is 100.0 cm³/mol. The molecule has 2 aliphatic rings. The minimum absolute atomic E-state index is 0.0133. The van der Waals surface area contributed by atoms with Crippen LogP contribution in [0.2, 0.25) is 0 Å². The lowest BCUT2D eigenvalue weighted by Gasteiger charge is -2.33. The molecule has 0 spiro atoms. The summed E-state index contributed by atoms with van der Waals surface area (Å²) in [5.74, 6) is -2.37. The van der Waals surface area contributed by atoms with Crippen LogP contribution in [0.5, 0.6) is 0 Å². The van der Waals surface area contributed by atoms with Gasteiger partial charge >= 0.3 is 11.9 Å². The van der Waals surface area contributed by atoms with Crippen molar-refractivity contribution in [1.29, 1.82) is 0 Å². The Bertz CT molecular complexity index is 862. The average molecular weight is 388 g/mol. The maximum absolute atomic E-state index is 12.9. The normalized spacial score (nSPS) is 22.0. The van der Waals surface area contributed by atoms with Crippen molar-refractivity contribution < 1.29 is 23.9 Å². The second-order valence-corrected chi connectivity index (χ2v) is 7.34. The number of ether oxygens (including phenoxy) is 2. The van der Waals surface area contributed by atoms with Crippen LogP contribution in [-0.4, -0.2) is 41.7 Å². The average Bonchev–Trinajstić information content (AvgIpc) is 2.96. The molecule has 0 aromatic heterocycles. The van der Waals surface area contributed by atoms with Crippen molar-refractivity contribution in [2.24, 2.45) is 5.73 Å². The van der Waals surface area contributed by atoms with Crippen molar-refractivity contribution in [1.82, 2.24) is 4.90 Å². The van der Waals surface area contributed by atoms with E-state index in [0.29, 0.717) is 10.6 Å². The molecular weight excluding hydrogens is 368 g/mol. The summed E-state index contributed by atoms with van der Waals surface area (Å²) < 4.78 is 10.2. The molecule has 2 aliphatic heterocycles. The molecular formula is C19H20N2O5S. The van der Waals surface area contributed by atoms with Crippen LogP contribution in [-0.2, 0) is 23.9 Å². The lowest BCUT2D eigenvalue weighted by molar-refractivity contribution is -0.139. The van der Waals surface area contributed by atoms with Crippen LogP contribution < -0.4 is 5.73 Å². The maximum Gasteiger partial charge on any atom is 0.338 e. The third-order valence-corrected chi connectivity index (χ3v) is 5.60. The van der Waals surface area contributed by atoms with Crippen molar-refractivity contribution >= 4 is 29.6 Å². The van der Waals surface area contributed by atoms with E-state index in [1.54, 1.807) is 38.1 Å². The Morgan fingerprint density at radius 2 is 1.85 bits per heavy atom. The number of hydrogen-bond donors (Lipinski definition) is 1. The fraction of sp³-hybridized carbons (Fsp3) is 0.316. The highest BCUT2D eigenvalue weighted by molar-refractivity contribution is 8.04. The summed E-state index contributed by atoms with van der Waals surface area (Å²) in [7, 11) is 1.23. The summed E-state index contributed by atoms with van der Waals surface area (Å²) in [6.45, 7) is 3.59. The van der Waals surface area contributed by atoms with Crippen molar-refractivity contribution in [3.8, 4) is 0 Å². The van der Waals surface area contributed by atoms with E-state index in [2.05, 4.69) is 0 Å². The van der Waals surface area contributed by atoms with Gasteiger partial charge in [-0.2, -0.15) is 0 Å². The molecule has 2 N–H and O–H groups in total. The van der Waals surface area contributed by atoms with E-state index in [4.69, 9.17) is 15.2 Å². The van der Waals surface area contributed by atoms with Gasteiger partial charge in [0.25, 0.3) is 0 Å². The van der Waals surface area contributed by atoms with Crippen LogP contribution in [0.4, 0.5) is 0 Å². The van der Waals surface area contributed by atoms with E-state index in [1.165, 1.54) is 23.8 Å². The van der Waals surface area contributed by atoms with Gasteiger partial charge < -0.3 is 15.2 Å². The number of esters is 2. The highest BCUT2D eigenvalue weighted by Gasteiger charge is 2.48. The van der Waals surface area contributed by atoms with Gasteiger partial charge in [0.05, 0.1) is 41.1 Å². The zero-order valence-electron chi connectivity index (χ0n) is 15.2. The molecule has 3 rings (SSSR count). The van der Waals surface area contributed by atoms with Gasteiger partial charge in [0.2, 0.25) is 5.91 Å². The number of methoxy groups -OCH3 is 1. The number of nitrogens with zero attached hydrogens (tertiary/aromatic N) is 1. The predicted octanol–water partition coefficient (Wildman–Crippen LogP) is 1.87. The number of nitrogens with two attached hydrogens (primary N) is 1. The van der Waals surface area contributed by atoms with Gasteiger partial charge in [-0.1, -0.05) is 42.1 Å². The van der Waals surface area contributed by atoms with Gasteiger partial charge in [0, 0.05) is 0 Å². The van der Waals surface area contributed by atoms with Crippen LogP contribution in [0.3, 0.4) is 0 Å². The summed E-state index contributed by atoms with van der Waals surface area (Å²) in [5, 5.41) is -0.0265. The number of fused-ring (bicyclic) bond motifs is 1. The monoisotopic (exact) mass is 388 g/mol. The summed E-state index contributed by atoms with van der Waals surface area (Å²) in [5.41, 5.74) is 7.20. The van der Waals surface area contributed by atoms with Gasteiger partial charge in [0.15, 0.2) is 0 Å². The lowest BCUT2D eigenvalue weighted by atomic mass is 9.82. The van der Waals surface area contributed by atoms with E-state index in [1.807, 2.05) is 6.07 Å². The Kier molecular flexibility index (Phi) is 5.27. The molecule has 27 heavy (non-hydrogen) atoms. The molecule has 142 valence electrons. The third kappa shape index (κ3) is 3.10. The van der Waals surface area contributed by atoms with E-state index in [9.17, 15) is 14.4 Å². The standard InChI is InChI=1S/C19H20N2O5S/c1-4-26-19(24)14-12(11-8-6-5-7-9-11)13(18(23)25-3)15(20)21-16(22)10(2)27-17(14)21/h5-10,12H,4,20H2,1-3H3/t10-,12-/m0/s1. The lowest BCUT2D eigenvalue weighted by Crippen LogP contribution is -2.40. The minimum atomic E-state index is -0.783. The van der Waals surface area contributed by atoms with Gasteiger partial charge in [-0.15, -0.1) is 0 Å². The Morgan fingerprint density at radius 3 is 2.44 bits per heavy atom. The number of amides is 1. The topological polar surface area (TPSA) is 98.9 Å². The first kappa shape index (κ1) is 19.0. The molecule has 0 aliphatic carbocycles. The molecule has 1 saturated heterocycles. The van der Waals surface area contributed by atoms with Crippen molar-refractivity contribution in [3.05, 3.63) is 57.9 Å². The number of carbonyl (C=O) groups excluding carboxylic acids is 3. The molecule has 2 atom stereocenters. The summed E-state index contributed by atoms with van der Waals surface area (Å²) >= 11 is 1.23. The molecule has 7 nitrogen and oxygen atoms in total. The highest BCUT2D eigenvalue weighted by atomic mass is 32.2. The van der Waals surface area contributed by atoms with Crippen molar-refractivity contribution in [3.63, 3.8) is 0 Å². The SMILES string of the molecule is CCOC(=O)C1=C2S[C@@H](C)C(=O)N2C(N)=C(C(=O)OC)[C@@H]1c1ccccc1.